The molecule has 2 heterocycles. The number of benzene rings is 1. The van der Waals surface area contributed by atoms with Gasteiger partial charge in [-0.2, -0.15) is 18.3 Å². The molecule has 0 radical (unpaired) electrons. The van der Waals surface area contributed by atoms with Crippen LogP contribution >= 0.6 is 0 Å². The molecule has 0 aliphatic carbocycles. The number of halogens is 3. The van der Waals surface area contributed by atoms with Crippen molar-refractivity contribution >= 4 is 17.4 Å². The van der Waals surface area contributed by atoms with Crippen LogP contribution in [0.25, 0.3) is 0 Å². The maximum atomic E-state index is 13.6. The largest absolute Gasteiger partial charge is 0.418 e. The average molecular weight is 340 g/mol. The van der Waals surface area contributed by atoms with Crippen molar-refractivity contribution in [1.29, 1.82) is 0 Å². The maximum Gasteiger partial charge on any atom is 0.418 e. The fraction of sp³-hybridized carbons (Fsp3) is 0.500. The molecule has 0 bridgehead atoms. The molecule has 8 heteroatoms. The Balaban J connectivity index is 2.00. The first kappa shape index (κ1) is 16.6. The minimum Gasteiger partial charge on any atom is -0.371 e. The molecule has 0 atom stereocenters. The van der Waals surface area contributed by atoms with E-state index in [4.69, 9.17) is 0 Å². The summed E-state index contributed by atoms with van der Waals surface area (Å²) in [5.41, 5.74) is 2.21. The van der Waals surface area contributed by atoms with Gasteiger partial charge in [0.2, 0.25) is 0 Å². The molecule has 1 amide bonds. The first-order valence-electron chi connectivity index (χ1n) is 7.90. The second-order valence-corrected chi connectivity index (χ2v) is 6.10. The van der Waals surface area contributed by atoms with Crippen LogP contribution in [-0.2, 0) is 11.0 Å². The van der Waals surface area contributed by atoms with Gasteiger partial charge in [0.25, 0.3) is 5.91 Å². The van der Waals surface area contributed by atoms with E-state index in [2.05, 4.69) is 10.5 Å². The molecule has 5 nitrogen and oxygen atoms in total. The molecule has 0 spiro atoms. The quantitative estimate of drug-likeness (QED) is 0.899. The van der Waals surface area contributed by atoms with Crippen molar-refractivity contribution in [2.45, 2.75) is 25.4 Å². The highest BCUT2D eigenvalue weighted by Gasteiger charge is 2.36. The smallest absolute Gasteiger partial charge is 0.371 e. The number of amidine groups is 1. The molecule has 1 N–H and O–H groups in total. The summed E-state index contributed by atoms with van der Waals surface area (Å²) in [5, 5.41) is 3.89. The Labute approximate surface area is 138 Å². The van der Waals surface area contributed by atoms with Crippen molar-refractivity contribution in [3.05, 3.63) is 29.3 Å². The number of likely N-dealkylation sites (N-methyl/N-ethyl adjacent to an activating group) is 1. The van der Waals surface area contributed by atoms with Crippen LogP contribution in [0.5, 0.6) is 0 Å². The Kier molecular flexibility index (Phi) is 4.38. The molecule has 24 heavy (non-hydrogen) atoms. The number of piperidine rings is 1. The van der Waals surface area contributed by atoms with Gasteiger partial charge in [-0.25, -0.2) is 5.43 Å². The van der Waals surface area contributed by atoms with E-state index in [0.29, 0.717) is 24.5 Å². The minimum absolute atomic E-state index is 0.0636. The molecule has 2 aliphatic rings. The molecule has 1 fully saturated rings. The van der Waals surface area contributed by atoms with E-state index in [1.54, 1.807) is 18.0 Å². The first-order valence-corrected chi connectivity index (χ1v) is 7.90. The standard InChI is InChI=1S/C16H19F3N4O/c1-22-10-14(24)20-21-15(22)11-5-6-13(12(9-11)16(17,18)19)23-7-3-2-4-8-23/h5-6,9H,2-4,7-8,10H2,1H3,(H,20,24). The van der Waals surface area contributed by atoms with E-state index >= 15 is 0 Å². The van der Waals surface area contributed by atoms with Crippen LogP contribution in [0, 0.1) is 0 Å². The van der Waals surface area contributed by atoms with Crippen LogP contribution in [-0.4, -0.2) is 43.3 Å². The third-order valence-corrected chi connectivity index (χ3v) is 4.29. The normalized spacial score (nSPS) is 19.2. The number of rotatable bonds is 2. The number of alkyl halides is 3. The van der Waals surface area contributed by atoms with Crippen LogP contribution in [0.2, 0.25) is 0 Å². The maximum absolute atomic E-state index is 13.6. The number of nitrogens with one attached hydrogen (secondary N) is 1. The number of hydrogen-bond donors (Lipinski definition) is 1. The Morgan fingerprint density at radius 3 is 2.50 bits per heavy atom. The van der Waals surface area contributed by atoms with Crippen LogP contribution in [0.1, 0.15) is 30.4 Å². The lowest BCUT2D eigenvalue weighted by atomic mass is 10.0. The zero-order valence-corrected chi connectivity index (χ0v) is 13.4. The topological polar surface area (TPSA) is 47.9 Å². The fourth-order valence-electron chi connectivity index (χ4n) is 3.12. The number of hydrogen-bond acceptors (Lipinski definition) is 4. The molecule has 0 aromatic heterocycles. The predicted octanol–water partition coefficient (Wildman–Crippen LogP) is 2.42. The van der Waals surface area contributed by atoms with E-state index in [1.165, 1.54) is 11.0 Å². The second-order valence-electron chi connectivity index (χ2n) is 6.10. The molecular weight excluding hydrogens is 321 g/mol. The fourth-order valence-corrected chi connectivity index (χ4v) is 3.12. The van der Waals surface area contributed by atoms with Crippen LogP contribution in [0.15, 0.2) is 23.3 Å². The number of carbonyl (C=O) groups excluding carboxylic acids is 1. The van der Waals surface area contributed by atoms with Crippen LogP contribution < -0.4 is 10.3 Å². The van der Waals surface area contributed by atoms with Gasteiger partial charge in [0.05, 0.1) is 12.1 Å². The summed E-state index contributed by atoms with van der Waals surface area (Å²) in [7, 11) is 1.63. The van der Waals surface area contributed by atoms with Gasteiger partial charge in [-0.15, -0.1) is 0 Å². The zero-order valence-electron chi connectivity index (χ0n) is 13.4. The summed E-state index contributed by atoms with van der Waals surface area (Å²) in [6, 6.07) is 4.26. The molecular formula is C16H19F3N4O. The van der Waals surface area contributed by atoms with Gasteiger partial charge in [-0.05, 0) is 37.5 Å². The Morgan fingerprint density at radius 1 is 1.17 bits per heavy atom. The lowest BCUT2D eigenvalue weighted by molar-refractivity contribution is -0.137. The van der Waals surface area contributed by atoms with Crippen LogP contribution in [0.4, 0.5) is 18.9 Å². The van der Waals surface area contributed by atoms with E-state index in [1.807, 2.05) is 0 Å². The summed E-state index contributed by atoms with van der Waals surface area (Å²) < 4.78 is 40.7. The molecule has 130 valence electrons. The number of amides is 1. The van der Waals surface area contributed by atoms with Gasteiger partial charge in [0.15, 0.2) is 5.84 Å². The monoisotopic (exact) mass is 340 g/mol. The average Bonchev–Trinajstić information content (AvgIpc) is 2.54. The molecule has 0 unspecified atom stereocenters. The molecule has 0 saturated carbocycles. The lowest BCUT2D eigenvalue weighted by Gasteiger charge is -2.32. The van der Waals surface area contributed by atoms with E-state index in [-0.39, 0.29) is 18.1 Å². The van der Waals surface area contributed by atoms with E-state index in [0.717, 1.165) is 25.3 Å². The number of nitrogens with zero attached hydrogens (tertiary/aromatic N) is 3. The predicted molar refractivity (Wildman–Crippen MR) is 84.8 cm³/mol. The van der Waals surface area contributed by atoms with Gasteiger partial charge >= 0.3 is 6.18 Å². The van der Waals surface area contributed by atoms with Crippen molar-refractivity contribution in [3.63, 3.8) is 0 Å². The summed E-state index contributed by atoms with van der Waals surface area (Å²) in [6.07, 6.45) is -1.59. The highest BCUT2D eigenvalue weighted by Crippen LogP contribution is 2.38. The van der Waals surface area contributed by atoms with Gasteiger partial charge in [-0.1, -0.05) is 0 Å². The van der Waals surface area contributed by atoms with Gasteiger partial charge in [0.1, 0.15) is 0 Å². The Hall–Kier alpha value is -2.25. The van der Waals surface area contributed by atoms with Crippen molar-refractivity contribution in [2.75, 3.05) is 31.6 Å². The van der Waals surface area contributed by atoms with Crippen molar-refractivity contribution < 1.29 is 18.0 Å². The summed E-state index contributed by atoms with van der Waals surface area (Å²) >= 11 is 0. The number of carbonyl (C=O) groups is 1. The van der Waals surface area contributed by atoms with Crippen molar-refractivity contribution in [1.82, 2.24) is 10.3 Å². The molecule has 2 aliphatic heterocycles. The SMILES string of the molecule is CN1CC(=O)NN=C1c1ccc(N2CCCCC2)c(C(F)(F)F)c1. The zero-order chi connectivity index (χ0) is 17.3. The Morgan fingerprint density at radius 2 is 1.88 bits per heavy atom. The number of hydrazone groups is 1. The summed E-state index contributed by atoms with van der Waals surface area (Å²) in [4.78, 5) is 14.6. The number of anilines is 1. The second kappa shape index (κ2) is 6.33. The van der Waals surface area contributed by atoms with Gasteiger partial charge in [0, 0.05) is 31.4 Å². The molecule has 1 saturated heterocycles. The van der Waals surface area contributed by atoms with Crippen molar-refractivity contribution in [2.24, 2.45) is 5.10 Å². The van der Waals surface area contributed by atoms with Crippen LogP contribution in [0.3, 0.4) is 0 Å². The van der Waals surface area contributed by atoms with Gasteiger partial charge < -0.3 is 9.80 Å². The third kappa shape index (κ3) is 3.32. The lowest BCUT2D eigenvalue weighted by Crippen LogP contribution is -2.43. The highest BCUT2D eigenvalue weighted by molar-refractivity contribution is 6.03. The Bertz CT molecular complexity index is 666. The molecule has 1 aromatic rings. The first-order chi connectivity index (χ1) is 11.4. The highest BCUT2D eigenvalue weighted by atomic mass is 19.4. The minimum atomic E-state index is -4.44. The molecule has 3 rings (SSSR count). The van der Waals surface area contributed by atoms with E-state index in [9.17, 15) is 18.0 Å². The van der Waals surface area contributed by atoms with E-state index < -0.39 is 11.7 Å². The van der Waals surface area contributed by atoms with Crippen molar-refractivity contribution in [3.8, 4) is 0 Å². The summed E-state index contributed by atoms with van der Waals surface area (Å²) in [5.74, 6) is 0.0347. The van der Waals surface area contributed by atoms with Gasteiger partial charge in [-0.3, -0.25) is 4.79 Å². The third-order valence-electron chi connectivity index (χ3n) is 4.29. The molecule has 1 aromatic carbocycles. The summed E-state index contributed by atoms with van der Waals surface area (Å²) in [6.45, 7) is 1.34.